The lowest BCUT2D eigenvalue weighted by molar-refractivity contribution is -0.164. The lowest BCUT2D eigenvalue weighted by Crippen LogP contribution is -2.50. The SMILES string of the molecule is COC(=O)C(CC=CCC[C@@H]1[C@@H](N2CCOCC2)[C@@H](O)C[C@@H]1OCc1ccc(-c2ccccc2)cc1)OC(C)=O. The quantitative estimate of drug-likeness (QED) is 0.311. The summed E-state index contributed by atoms with van der Waals surface area (Å²) in [6, 6.07) is 18.7. The van der Waals surface area contributed by atoms with Crippen molar-refractivity contribution in [2.24, 2.45) is 5.92 Å². The van der Waals surface area contributed by atoms with Crippen LogP contribution in [0.1, 0.15) is 38.2 Å². The second-order valence-corrected chi connectivity index (χ2v) is 10.4. The average molecular weight is 552 g/mol. The van der Waals surface area contributed by atoms with Crippen molar-refractivity contribution < 1.29 is 33.6 Å². The summed E-state index contributed by atoms with van der Waals surface area (Å²) < 4.78 is 21.8. The lowest BCUT2D eigenvalue weighted by atomic mass is 9.93. The number of rotatable bonds is 12. The topological polar surface area (TPSA) is 94.5 Å². The summed E-state index contributed by atoms with van der Waals surface area (Å²) in [5, 5.41) is 11.1. The highest BCUT2D eigenvalue weighted by atomic mass is 16.6. The monoisotopic (exact) mass is 551 g/mol. The van der Waals surface area contributed by atoms with Gasteiger partial charge in [-0.3, -0.25) is 9.69 Å². The Balaban J connectivity index is 1.38. The number of allylic oxidation sites excluding steroid dienone is 1. The molecule has 2 aromatic carbocycles. The van der Waals surface area contributed by atoms with Gasteiger partial charge in [0.25, 0.3) is 0 Å². The third-order valence-electron chi connectivity index (χ3n) is 7.73. The number of aliphatic hydroxyl groups excluding tert-OH is 1. The Labute approximate surface area is 236 Å². The Morgan fingerprint density at radius 1 is 1.05 bits per heavy atom. The van der Waals surface area contributed by atoms with Crippen LogP contribution in [0.15, 0.2) is 66.7 Å². The van der Waals surface area contributed by atoms with Crippen molar-refractivity contribution in [1.29, 1.82) is 0 Å². The van der Waals surface area contributed by atoms with Gasteiger partial charge in [0, 0.05) is 44.8 Å². The maximum Gasteiger partial charge on any atom is 0.347 e. The van der Waals surface area contributed by atoms with E-state index in [0.29, 0.717) is 26.2 Å². The Kier molecular flexibility index (Phi) is 11.3. The van der Waals surface area contributed by atoms with Gasteiger partial charge < -0.3 is 24.1 Å². The smallest absolute Gasteiger partial charge is 0.347 e. The molecule has 216 valence electrons. The molecule has 0 aromatic heterocycles. The van der Waals surface area contributed by atoms with Gasteiger partial charge in [-0.1, -0.05) is 66.7 Å². The van der Waals surface area contributed by atoms with Gasteiger partial charge in [0.2, 0.25) is 6.10 Å². The van der Waals surface area contributed by atoms with Gasteiger partial charge in [0.1, 0.15) is 0 Å². The maximum atomic E-state index is 11.9. The number of esters is 2. The first-order chi connectivity index (χ1) is 19.5. The molecule has 2 fully saturated rings. The van der Waals surface area contributed by atoms with Crippen LogP contribution in [0.2, 0.25) is 0 Å². The van der Waals surface area contributed by atoms with Crippen molar-refractivity contribution in [2.45, 2.75) is 63.6 Å². The minimum absolute atomic E-state index is 0.00613. The number of morpholine rings is 1. The summed E-state index contributed by atoms with van der Waals surface area (Å²) >= 11 is 0. The zero-order valence-corrected chi connectivity index (χ0v) is 23.4. The minimum Gasteiger partial charge on any atom is -0.466 e. The van der Waals surface area contributed by atoms with Gasteiger partial charge in [-0.05, 0) is 29.5 Å². The number of nitrogens with zero attached hydrogens (tertiary/aromatic N) is 1. The fourth-order valence-electron chi connectivity index (χ4n) is 5.77. The van der Waals surface area contributed by atoms with E-state index in [4.69, 9.17) is 18.9 Å². The summed E-state index contributed by atoms with van der Waals surface area (Å²) in [7, 11) is 1.28. The van der Waals surface area contributed by atoms with E-state index in [9.17, 15) is 14.7 Å². The lowest BCUT2D eigenvalue weighted by Gasteiger charge is -2.38. The van der Waals surface area contributed by atoms with Gasteiger partial charge in [-0.15, -0.1) is 0 Å². The number of methoxy groups -OCH3 is 1. The van der Waals surface area contributed by atoms with Crippen LogP contribution >= 0.6 is 0 Å². The molecule has 1 saturated carbocycles. The molecule has 1 aliphatic carbocycles. The van der Waals surface area contributed by atoms with Crippen LogP contribution in [0.3, 0.4) is 0 Å². The first-order valence-electron chi connectivity index (χ1n) is 14.1. The Hall–Kier alpha value is -3.04. The molecule has 2 aromatic rings. The first kappa shape index (κ1) is 29.9. The molecule has 0 amide bonds. The molecule has 8 heteroatoms. The van der Waals surface area contributed by atoms with Crippen molar-refractivity contribution in [3.05, 3.63) is 72.3 Å². The number of hydrogen-bond donors (Lipinski definition) is 1. The van der Waals surface area contributed by atoms with Crippen molar-refractivity contribution >= 4 is 11.9 Å². The van der Waals surface area contributed by atoms with Gasteiger partial charge in [0.05, 0.1) is 39.1 Å². The van der Waals surface area contributed by atoms with Crippen molar-refractivity contribution in [3.8, 4) is 11.1 Å². The van der Waals surface area contributed by atoms with Crippen LogP contribution in [0.25, 0.3) is 11.1 Å². The summed E-state index contributed by atoms with van der Waals surface area (Å²) in [6.07, 6.45) is 4.78. The van der Waals surface area contributed by atoms with Gasteiger partial charge in [0.15, 0.2) is 0 Å². The van der Waals surface area contributed by atoms with Crippen LogP contribution in [0.5, 0.6) is 0 Å². The van der Waals surface area contributed by atoms with Crippen LogP contribution in [-0.2, 0) is 35.1 Å². The first-order valence-corrected chi connectivity index (χ1v) is 14.1. The third kappa shape index (κ3) is 8.24. The van der Waals surface area contributed by atoms with Crippen LogP contribution in [-0.4, -0.2) is 79.7 Å². The Morgan fingerprint density at radius 2 is 1.75 bits per heavy atom. The molecule has 1 N–H and O–H groups in total. The molecular weight excluding hydrogens is 510 g/mol. The Bertz CT molecular complexity index is 1100. The Morgan fingerprint density at radius 3 is 2.42 bits per heavy atom. The van der Waals surface area contributed by atoms with Crippen LogP contribution in [0, 0.1) is 5.92 Å². The molecule has 0 bridgehead atoms. The molecule has 8 nitrogen and oxygen atoms in total. The molecule has 5 atom stereocenters. The largest absolute Gasteiger partial charge is 0.466 e. The van der Waals surface area contributed by atoms with Gasteiger partial charge >= 0.3 is 11.9 Å². The van der Waals surface area contributed by atoms with E-state index in [1.807, 2.05) is 30.4 Å². The molecule has 2 aliphatic rings. The van der Waals surface area contributed by atoms with E-state index in [1.165, 1.54) is 25.2 Å². The molecule has 1 unspecified atom stereocenters. The average Bonchev–Trinajstić information content (AvgIpc) is 3.30. The second-order valence-electron chi connectivity index (χ2n) is 10.4. The van der Waals surface area contributed by atoms with E-state index in [-0.39, 0.29) is 24.5 Å². The van der Waals surface area contributed by atoms with E-state index in [1.54, 1.807) is 0 Å². The van der Waals surface area contributed by atoms with E-state index in [2.05, 4.69) is 41.3 Å². The zero-order valence-electron chi connectivity index (χ0n) is 23.4. The van der Waals surface area contributed by atoms with Crippen molar-refractivity contribution in [2.75, 3.05) is 33.4 Å². The second kappa shape index (κ2) is 15.1. The van der Waals surface area contributed by atoms with Crippen LogP contribution < -0.4 is 0 Å². The molecule has 1 aliphatic heterocycles. The summed E-state index contributed by atoms with van der Waals surface area (Å²) in [6.45, 7) is 4.68. The number of carbonyl (C=O) groups excluding carboxylic acids is 2. The predicted octanol–water partition coefficient (Wildman–Crippen LogP) is 4.15. The number of hydrogen-bond acceptors (Lipinski definition) is 8. The molecule has 1 heterocycles. The molecular formula is C32H41NO7. The highest BCUT2D eigenvalue weighted by Gasteiger charge is 2.45. The summed E-state index contributed by atoms with van der Waals surface area (Å²) in [4.78, 5) is 25.6. The van der Waals surface area contributed by atoms with Gasteiger partial charge in [-0.2, -0.15) is 0 Å². The number of aliphatic hydroxyl groups is 1. The molecule has 0 spiro atoms. The highest BCUT2D eigenvalue weighted by molar-refractivity contribution is 5.78. The normalized spacial score (nSPS) is 24.2. The molecule has 0 radical (unpaired) electrons. The molecule has 40 heavy (non-hydrogen) atoms. The predicted molar refractivity (Wildman–Crippen MR) is 151 cm³/mol. The maximum absolute atomic E-state index is 11.9. The van der Waals surface area contributed by atoms with Crippen LogP contribution in [0.4, 0.5) is 0 Å². The van der Waals surface area contributed by atoms with Gasteiger partial charge in [-0.25, -0.2) is 4.79 Å². The van der Waals surface area contributed by atoms with E-state index < -0.39 is 24.1 Å². The van der Waals surface area contributed by atoms with E-state index >= 15 is 0 Å². The minimum atomic E-state index is -0.947. The molecule has 4 rings (SSSR count). The fourth-order valence-corrected chi connectivity index (χ4v) is 5.77. The summed E-state index contributed by atoms with van der Waals surface area (Å²) in [5.41, 5.74) is 3.45. The molecule has 1 saturated heterocycles. The number of benzene rings is 2. The van der Waals surface area contributed by atoms with Crippen molar-refractivity contribution in [1.82, 2.24) is 4.90 Å². The standard InChI is InChI=1S/C32H41NO7/c1-23(34)40-29(32(36)37-2)12-8-4-7-11-27-30(21-28(35)31(27)33-17-19-38-20-18-33)39-22-24-13-15-26(16-14-24)25-9-5-3-6-10-25/h3-6,8-10,13-16,27-31,35H,7,11-12,17-22H2,1-2H3/t27-,28-,29?,30-,31+/m0/s1. The fraction of sp³-hybridized carbons (Fsp3) is 0.500. The van der Waals surface area contributed by atoms with Crippen molar-refractivity contribution in [3.63, 3.8) is 0 Å². The third-order valence-corrected chi connectivity index (χ3v) is 7.73. The number of ether oxygens (including phenoxy) is 4. The zero-order chi connectivity index (χ0) is 28.3. The highest BCUT2D eigenvalue weighted by Crippen LogP contribution is 2.37. The summed E-state index contributed by atoms with van der Waals surface area (Å²) in [5.74, 6) is -0.950. The van der Waals surface area contributed by atoms with E-state index in [0.717, 1.165) is 31.5 Å². The number of carbonyl (C=O) groups is 2.